The Morgan fingerprint density at radius 3 is 2.65 bits per heavy atom. The summed E-state index contributed by atoms with van der Waals surface area (Å²) in [6, 6.07) is 8.05. The summed E-state index contributed by atoms with van der Waals surface area (Å²) in [5, 5.41) is 12.1. The third-order valence-electron chi connectivity index (χ3n) is 4.21. The summed E-state index contributed by atoms with van der Waals surface area (Å²) in [4.78, 5) is 14.0. The largest absolute Gasteiger partial charge is 0.396 e. The molecule has 0 atom stereocenters. The number of aliphatic hydroxyl groups is 1. The minimum atomic E-state index is -0.0527. The predicted octanol–water partition coefficient (Wildman–Crippen LogP) is 3.01. The molecule has 1 aliphatic rings. The number of aliphatic hydroxyl groups excluding tert-OH is 1. The molecule has 2 amide bonds. The van der Waals surface area contributed by atoms with Crippen molar-refractivity contribution >= 4 is 11.7 Å². The van der Waals surface area contributed by atoms with E-state index in [2.05, 4.69) is 5.32 Å². The summed E-state index contributed by atoms with van der Waals surface area (Å²) in [5.41, 5.74) is 1.97. The molecule has 4 heteroatoms. The van der Waals surface area contributed by atoms with Gasteiger partial charge in [0.15, 0.2) is 0 Å². The zero-order valence-electron chi connectivity index (χ0n) is 12.3. The number of carbonyl (C=O) groups is 1. The molecule has 0 bridgehead atoms. The molecule has 0 aromatic heterocycles. The van der Waals surface area contributed by atoms with Crippen LogP contribution in [0.25, 0.3) is 0 Å². The molecule has 0 aliphatic heterocycles. The van der Waals surface area contributed by atoms with Crippen LogP contribution in [0.2, 0.25) is 0 Å². The molecule has 1 aromatic carbocycles. The lowest BCUT2D eigenvalue weighted by Crippen LogP contribution is -2.42. The normalized spacial score (nSPS) is 22.4. The Bertz CT molecular complexity index is 454. The van der Waals surface area contributed by atoms with Crippen molar-refractivity contribution in [3.63, 3.8) is 0 Å². The highest BCUT2D eigenvalue weighted by molar-refractivity contribution is 5.89. The Balaban J connectivity index is 1.89. The highest BCUT2D eigenvalue weighted by Gasteiger charge is 2.26. The summed E-state index contributed by atoms with van der Waals surface area (Å²) < 4.78 is 0. The summed E-state index contributed by atoms with van der Waals surface area (Å²) in [6.07, 6.45) is 3.96. The van der Waals surface area contributed by atoms with E-state index in [9.17, 15) is 4.79 Å². The molecular weight excluding hydrogens is 252 g/mol. The maximum absolute atomic E-state index is 12.2. The first-order chi connectivity index (χ1) is 9.60. The topological polar surface area (TPSA) is 52.6 Å². The first-order valence-corrected chi connectivity index (χ1v) is 7.31. The van der Waals surface area contributed by atoms with Gasteiger partial charge in [-0.1, -0.05) is 12.1 Å². The van der Waals surface area contributed by atoms with E-state index in [1.165, 1.54) is 0 Å². The van der Waals surface area contributed by atoms with Crippen LogP contribution in [0.3, 0.4) is 0 Å². The average molecular weight is 276 g/mol. The maximum Gasteiger partial charge on any atom is 0.321 e. The summed E-state index contributed by atoms with van der Waals surface area (Å²) in [6.45, 7) is 2.28. The van der Waals surface area contributed by atoms with Crippen LogP contribution in [-0.2, 0) is 0 Å². The highest BCUT2D eigenvalue weighted by atomic mass is 16.3. The highest BCUT2D eigenvalue weighted by Crippen LogP contribution is 2.27. The van der Waals surface area contributed by atoms with Crippen LogP contribution in [0, 0.1) is 12.8 Å². The summed E-state index contributed by atoms with van der Waals surface area (Å²) in [5.74, 6) is 0.416. The van der Waals surface area contributed by atoms with Crippen LogP contribution < -0.4 is 5.32 Å². The molecule has 0 spiro atoms. The van der Waals surface area contributed by atoms with Crippen LogP contribution >= 0.6 is 0 Å². The Hall–Kier alpha value is -1.55. The predicted molar refractivity (Wildman–Crippen MR) is 80.8 cm³/mol. The minimum absolute atomic E-state index is 0.0527. The minimum Gasteiger partial charge on any atom is -0.396 e. The number of rotatable bonds is 3. The molecule has 2 rings (SSSR count). The van der Waals surface area contributed by atoms with Crippen molar-refractivity contribution in [1.82, 2.24) is 4.90 Å². The quantitative estimate of drug-likeness (QED) is 0.891. The lowest BCUT2D eigenvalue weighted by molar-refractivity contribution is 0.139. The van der Waals surface area contributed by atoms with Crippen molar-refractivity contribution in [2.24, 2.45) is 5.92 Å². The number of amides is 2. The fourth-order valence-corrected chi connectivity index (χ4v) is 2.82. The molecule has 0 heterocycles. The summed E-state index contributed by atoms with van der Waals surface area (Å²) >= 11 is 0. The smallest absolute Gasteiger partial charge is 0.321 e. The van der Waals surface area contributed by atoms with Crippen molar-refractivity contribution in [2.45, 2.75) is 38.6 Å². The molecule has 4 nitrogen and oxygen atoms in total. The van der Waals surface area contributed by atoms with E-state index in [1.54, 1.807) is 4.90 Å². The molecule has 1 aromatic rings. The second kappa shape index (κ2) is 6.75. The van der Waals surface area contributed by atoms with E-state index in [0.29, 0.717) is 5.92 Å². The van der Waals surface area contributed by atoms with Gasteiger partial charge in [0.25, 0.3) is 0 Å². The molecule has 1 aliphatic carbocycles. The first kappa shape index (κ1) is 14.9. The van der Waals surface area contributed by atoms with Crippen LogP contribution in [0.1, 0.15) is 31.2 Å². The van der Waals surface area contributed by atoms with Gasteiger partial charge in [-0.15, -0.1) is 0 Å². The number of hydrogen-bond acceptors (Lipinski definition) is 2. The SMILES string of the molecule is Cc1cccc(NC(=O)N(C)C2CCC(CO)CC2)c1. The van der Waals surface area contributed by atoms with Crippen molar-refractivity contribution in [1.29, 1.82) is 0 Å². The standard InChI is InChI=1S/C16H24N2O2/c1-12-4-3-5-14(10-12)17-16(20)18(2)15-8-6-13(11-19)7-9-15/h3-5,10,13,15,19H,6-9,11H2,1-2H3,(H,17,20). The second-order valence-corrected chi connectivity index (χ2v) is 5.77. The van der Waals surface area contributed by atoms with E-state index in [4.69, 9.17) is 5.11 Å². The number of hydrogen-bond donors (Lipinski definition) is 2. The van der Waals surface area contributed by atoms with E-state index in [0.717, 1.165) is 36.9 Å². The first-order valence-electron chi connectivity index (χ1n) is 7.31. The van der Waals surface area contributed by atoms with E-state index in [-0.39, 0.29) is 18.7 Å². The lowest BCUT2D eigenvalue weighted by Gasteiger charge is -2.34. The van der Waals surface area contributed by atoms with Crippen LogP contribution in [0.4, 0.5) is 10.5 Å². The van der Waals surface area contributed by atoms with Crippen LogP contribution in [0.15, 0.2) is 24.3 Å². The number of carbonyl (C=O) groups excluding carboxylic acids is 1. The van der Waals surface area contributed by atoms with Crippen molar-refractivity contribution in [3.05, 3.63) is 29.8 Å². The van der Waals surface area contributed by atoms with Gasteiger partial charge in [0.2, 0.25) is 0 Å². The molecule has 0 saturated heterocycles. The van der Waals surface area contributed by atoms with Crippen LogP contribution in [0.5, 0.6) is 0 Å². The van der Waals surface area contributed by atoms with Gasteiger partial charge in [-0.25, -0.2) is 4.79 Å². The van der Waals surface area contributed by atoms with Gasteiger partial charge < -0.3 is 15.3 Å². The van der Waals surface area contributed by atoms with Gasteiger partial charge in [-0.05, 0) is 56.2 Å². The fraction of sp³-hybridized carbons (Fsp3) is 0.562. The molecule has 1 saturated carbocycles. The van der Waals surface area contributed by atoms with Crippen molar-refractivity contribution < 1.29 is 9.90 Å². The Morgan fingerprint density at radius 1 is 1.35 bits per heavy atom. The lowest BCUT2D eigenvalue weighted by atomic mass is 9.86. The van der Waals surface area contributed by atoms with E-state index >= 15 is 0 Å². The number of aryl methyl sites for hydroxylation is 1. The van der Waals surface area contributed by atoms with Crippen LogP contribution in [-0.4, -0.2) is 35.7 Å². The fourth-order valence-electron chi connectivity index (χ4n) is 2.82. The number of anilines is 1. The van der Waals surface area contributed by atoms with Gasteiger partial charge in [-0.3, -0.25) is 0 Å². The Kier molecular flexibility index (Phi) is 5.01. The molecule has 1 fully saturated rings. The van der Waals surface area contributed by atoms with Gasteiger partial charge >= 0.3 is 6.03 Å². The molecule has 20 heavy (non-hydrogen) atoms. The summed E-state index contributed by atoms with van der Waals surface area (Å²) in [7, 11) is 1.86. The third-order valence-corrected chi connectivity index (χ3v) is 4.21. The van der Waals surface area contributed by atoms with Gasteiger partial charge in [-0.2, -0.15) is 0 Å². The number of nitrogens with one attached hydrogen (secondary N) is 1. The van der Waals surface area contributed by atoms with E-state index in [1.807, 2.05) is 38.2 Å². The third kappa shape index (κ3) is 3.73. The molecule has 110 valence electrons. The van der Waals surface area contributed by atoms with Gasteiger partial charge in [0, 0.05) is 25.4 Å². The zero-order valence-corrected chi connectivity index (χ0v) is 12.3. The van der Waals surface area contributed by atoms with E-state index < -0.39 is 0 Å². The van der Waals surface area contributed by atoms with Crippen molar-refractivity contribution in [2.75, 3.05) is 19.0 Å². The van der Waals surface area contributed by atoms with Gasteiger partial charge in [0.05, 0.1) is 0 Å². The molecule has 0 radical (unpaired) electrons. The maximum atomic E-state index is 12.2. The molecular formula is C16H24N2O2. The Morgan fingerprint density at radius 2 is 2.05 bits per heavy atom. The zero-order chi connectivity index (χ0) is 14.5. The molecule has 0 unspecified atom stereocenters. The Labute approximate surface area is 120 Å². The average Bonchev–Trinajstić information content (AvgIpc) is 2.46. The monoisotopic (exact) mass is 276 g/mol. The number of nitrogens with zero attached hydrogens (tertiary/aromatic N) is 1. The number of benzene rings is 1. The molecule has 2 N–H and O–H groups in total. The second-order valence-electron chi connectivity index (χ2n) is 5.77. The number of urea groups is 1. The van der Waals surface area contributed by atoms with Crippen molar-refractivity contribution in [3.8, 4) is 0 Å². The van der Waals surface area contributed by atoms with Gasteiger partial charge in [0.1, 0.15) is 0 Å².